The molecule has 5 heteroatoms. The molecule has 1 aromatic heterocycles. The number of carbonyl (C=O) groups is 1. The van der Waals surface area contributed by atoms with Gasteiger partial charge in [-0.15, -0.1) is 0 Å². The number of aromatic amines is 1. The molecule has 1 N–H and O–H groups in total. The van der Waals surface area contributed by atoms with Crippen LogP contribution in [0.15, 0.2) is 24.3 Å². The average Bonchev–Trinajstić information content (AvgIpc) is 2.70. The number of nitrogens with zero attached hydrogens (tertiary/aromatic N) is 1. The maximum Gasteiger partial charge on any atom is 0.374 e. The molecule has 2 rings (SSSR count). The third-order valence-electron chi connectivity index (χ3n) is 2.36. The van der Waals surface area contributed by atoms with Gasteiger partial charge in [-0.25, -0.2) is 9.78 Å². The van der Waals surface area contributed by atoms with E-state index in [0.29, 0.717) is 10.7 Å². The van der Waals surface area contributed by atoms with Gasteiger partial charge in [0.1, 0.15) is 0 Å². The summed E-state index contributed by atoms with van der Waals surface area (Å²) in [6, 6.07) is 7.31. The molecule has 0 aliphatic carbocycles. The van der Waals surface area contributed by atoms with Gasteiger partial charge in [0.25, 0.3) is 0 Å². The van der Waals surface area contributed by atoms with E-state index in [1.807, 2.05) is 19.1 Å². The summed E-state index contributed by atoms with van der Waals surface area (Å²) in [6.07, 6.45) is 0. The average molecular weight is 251 g/mol. The molecule has 17 heavy (non-hydrogen) atoms. The highest BCUT2D eigenvalue weighted by Gasteiger charge is 2.14. The number of nitrogens with one attached hydrogen (secondary N) is 1. The molecule has 2 aromatic rings. The molecule has 0 unspecified atom stereocenters. The molecule has 1 heterocycles. The van der Waals surface area contributed by atoms with E-state index in [4.69, 9.17) is 11.6 Å². The fourth-order valence-electron chi connectivity index (χ4n) is 1.57. The Labute approximate surface area is 104 Å². The van der Waals surface area contributed by atoms with Crippen molar-refractivity contribution in [1.82, 2.24) is 9.97 Å². The van der Waals surface area contributed by atoms with Gasteiger partial charge in [0, 0.05) is 16.3 Å². The zero-order valence-electron chi connectivity index (χ0n) is 9.45. The van der Waals surface area contributed by atoms with Crippen LogP contribution < -0.4 is 0 Å². The maximum absolute atomic E-state index is 11.3. The number of methoxy groups -OCH3 is 1. The minimum Gasteiger partial charge on any atom is -0.463 e. The predicted octanol–water partition coefficient (Wildman–Crippen LogP) is 2.83. The quantitative estimate of drug-likeness (QED) is 0.834. The van der Waals surface area contributed by atoms with Crippen LogP contribution in [0.4, 0.5) is 0 Å². The molecule has 4 nitrogen and oxygen atoms in total. The maximum atomic E-state index is 11.3. The van der Waals surface area contributed by atoms with E-state index in [1.54, 1.807) is 12.1 Å². The number of ether oxygens (including phenoxy) is 1. The Hall–Kier alpha value is -1.81. The molecular formula is C12H11ClN2O2. The molecule has 0 aliphatic heterocycles. The van der Waals surface area contributed by atoms with Crippen LogP contribution >= 0.6 is 11.6 Å². The number of hydrogen-bond donors (Lipinski definition) is 1. The fourth-order valence-corrected chi connectivity index (χ4v) is 1.76. The van der Waals surface area contributed by atoms with Crippen molar-refractivity contribution in [3.63, 3.8) is 0 Å². The molecule has 0 spiro atoms. The second-order valence-corrected chi connectivity index (χ2v) is 4.00. The van der Waals surface area contributed by atoms with Crippen molar-refractivity contribution in [2.45, 2.75) is 6.92 Å². The number of esters is 1. The molecule has 0 atom stereocenters. The number of aromatic nitrogens is 2. The lowest BCUT2D eigenvalue weighted by atomic mass is 10.1. The lowest BCUT2D eigenvalue weighted by Gasteiger charge is -1.98. The largest absolute Gasteiger partial charge is 0.463 e. The summed E-state index contributed by atoms with van der Waals surface area (Å²) in [6.45, 7) is 1.84. The standard InChI is InChI=1S/C12H11ClN2O2/c1-7-10(8-4-3-5-9(13)6-8)15-11(14-7)12(16)17-2/h3-6H,1-2H3,(H,14,15). The SMILES string of the molecule is COC(=O)c1nc(-c2cccc(Cl)c2)c(C)[nH]1. The number of carbonyl (C=O) groups excluding carboxylic acids is 1. The number of hydrogen-bond acceptors (Lipinski definition) is 3. The van der Waals surface area contributed by atoms with Crippen LogP contribution in [-0.4, -0.2) is 23.0 Å². The van der Waals surface area contributed by atoms with Gasteiger partial charge >= 0.3 is 5.97 Å². The summed E-state index contributed by atoms with van der Waals surface area (Å²) in [5.74, 6) is -0.290. The second kappa shape index (κ2) is 4.59. The normalized spacial score (nSPS) is 10.3. The van der Waals surface area contributed by atoms with Crippen molar-refractivity contribution >= 4 is 17.6 Å². The summed E-state index contributed by atoms with van der Waals surface area (Å²) in [4.78, 5) is 18.4. The monoisotopic (exact) mass is 250 g/mol. The van der Waals surface area contributed by atoms with Crippen molar-refractivity contribution in [2.75, 3.05) is 7.11 Å². The third-order valence-corrected chi connectivity index (χ3v) is 2.60. The lowest BCUT2D eigenvalue weighted by molar-refractivity contribution is 0.0588. The molecular weight excluding hydrogens is 240 g/mol. The molecule has 0 fully saturated rings. The van der Waals surface area contributed by atoms with E-state index in [-0.39, 0.29) is 5.82 Å². The summed E-state index contributed by atoms with van der Waals surface area (Å²) in [5, 5.41) is 0.629. The van der Waals surface area contributed by atoms with Crippen molar-refractivity contribution in [1.29, 1.82) is 0 Å². The molecule has 0 radical (unpaired) electrons. The summed E-state index contributed by atoms with van der Waals surface area (Å²) < 4.78 is 4.61. The Morgan fingerprint density at radius 1 is 1.47 bits per heavy atom. The smallest absolute Gasteiger partial charge is 0.374 e. The minimum atomic E-state index is -0.485. The number of benzene rings is 1. The first kappa shape index (κ1) is 11.7. The highest BCUT2D eigenvalue weighted by Crippen LogP contribution is 2.24. The number of H-pyrrole nitrogens is 1. The van der Waals surface area contributed by atoms with Crippen LogP contribution in [0.3, 0.4) is 0 Å². The van der Waals surface area contributed by atoms with Crippen LogP contribution in [0.2, 0.25) is 5.02 Å². The van der Waals surface area contributed by atoms with E-state index in [1.165, 1.54) is 7.11 Å². The number of imidazole rings is 1. The van der Waals surface area contributed by atoms with Gasteiger partial charge in [-0.2, -0.15) is 0 Å². The molecule has 0 saturated heterocycles. The van der Waals surface area contributed by atoms with Gasteiger partial charge < -0.3 is 9.72 Å². The Balaban J connectivity index is 2.46. The van der Waals surface area contributed by atoms with Gasteiger partial charge in [-0.05, 0) is 19.1 Å². The van der Waals surface area contributed by atoms with Crippen LogP contribution in [0.5, 0.6) is 0 Å². The first-order chi connectivity index (χ1) is 8.11. The Bertz CT molecular complexity index is 563. The molecule has 0 saturated carbocycles. The van der Waals surface area contributed by atoms with E-state index >= 15 is 0 Å². The number of rotatable bonds is 2. The van der Waals surface area contributed by atoms with Crippen LogP contribution in [0.1, 0.15) is 16.3 Å². The Kier molecular flexibility index (Phi) is 3.15. The van der Waals surface area contributed by atoms with Crippen LogP contribution in [0, 0.1) is 6.92 Å². The first-order valence-electron chi connectivity index (χ1n) is 5.02. The van der Waals surface area contributed by atoms with Crippen molar-refractivity contribution in [3.8, 4) is 11.3 Å². The third kappa shape index (κ3) is 2.31. The summed E-state index contributed by atoms with van der Waals surface area (Å²) in [7, 11) is 1.32. The minimum absolute atomic E-state index is 0.194. The van der Waals surface area contributed by atoms with E-state index in [9.17, 15) is 4.79 Å². The fraction of sp³-hybridized carbons (Fsp3) is 0.167. The van der Waals surface area contributed by atoms with Crippen molar-refractivity contribution in [3.05, 3.63) is 40.8 Å². The second-order valence-electron chi connectivity index (χ2n) is 3.56. The van der Waals surface area contributed by atoms with Gasteiger partial charge in [0.05, 0.1) is 12.8 Å². The topological polar surface area (TPSA) is 55.0 Å². The predicted molar refractivity (Wildman–Crippen MR) is 65.1 cm³/mol. The highest BCUT2D eigenvalue weighted by atomic mass is 35.5. The molecule has 0 aliphatic rings. The zero-order chi connectivity index (χ0) is 12.4. The summed E-state index contributed by atoms with van der Waals surface area (Å²) in [5.41, 5.74) is 2.36. The molecule has 0 bridgehead atoms. The van der Waals surface area contributed by atoms with Gasteiger partial charge in [0.2, 0.25) is 5.82 Å². The van der Waals surface area contributed by atoms with Crippen LogP contribution in [0.25, 0.3) is 11.3 Å². The van der Waals surface area contributed by atoms with Gasteiger partial charge in [0.15, 0.2) is 0 Å². The van der Waals surface area contributed by atoms with Crippen molar-refractivity contribution in [2.24, 2.45) is 0 Å². The van der Waals surface area contributed by atoms with Gasteiger partial charge in [-0.1, -0.05) is 23.7 Å². The Morgan fingerprint density at radius 2 is 2.24 bits per heavy atom. The highest BCUT2D eigenvalue weighted by molar-refractivity contribution is 6.30. The molecule has 88 valence electrons. The molecule has 0 amide bonds. The van der Waals surface area contributed by atoms with E-state index < -0.39 is 5.97 Å². The number of halogens is 1. The summed E-state index contributed by atoms with van der Waals surface area (Å²) >= 11 is 5.91. The van der Waals surface area contributed by atoms with Crippen LogP contribution in [-0.2, 0) is 4.74 Å². The lowest BCUT2D eigenvalue weighted by Crippen LogP contribution is -2.03. The van der Waals surface area contributed by atoms with Crippen molar-refractivity contribution < 1.29 is 9.53 Å². The van der Waals surface area contributed by atoms with E-state index in [2.05, 4.69) is 14.7 Å². The number of aryl methyl sites for hydroxylation is 1. The first-order valence-corrected chi connectivity index (χ1v) is 5.40. The van der Waals surface area contributed by atoms with Gasteiger partial charge in [-0.3, -0.25) is 0 Å². The zero-order valence-corrected chi connectivity index (χ0v) is 10.2. The van der Waals surface area contributed by atoms with E-state index in [0.717, 1.165) is 11.3 Å². The molecule has 1 aromatic carbocycles. The Morgan fingerprint density at radius 3 is 2.88 bits per heavy atom.